The molecule has 0 amide bonds. The third-order valence-corrected chi connectivity index (χ3v) is 4.67. The molecule has 5 nitrogen and oxygen atoms in total. The van der Waals surface area contributed by atoms with Gasteiger partial charge in [-0.2, -0.15) is 0 Å². The molecule has 0 bridgehead atoms. The summed E-state index contributed by atoms with van der Waals surface area (Å²) in [5, 5.41) is 8.88. The van der Waals surface area contributed by atoms with Crippen molar-refractivity contribution in [1.29, 1.82) is 0 Å². The summed E-state index contributed by atoms with van der Waals surface area (Å²) in [4.78, 5) is 10.5. The van der Waals surface area contributed by atoms with E-state index in [2.05, 4.69) is 4.72 Å². The molecule has 120 valence electrons. The van der Waals surface area contributed by atoms with Crippen molar-refractivity contribution in [1.82, 2.24) is 0 Å². The lowest BCUT2D eigenvalue weighted by molar-refractivity contribution is -0.131. The van der Waals surface area contributed by atoms with E-state index in [1.54, 1.807) is 18.2 Å². The molecule has 23 heavy (non-hydrogen) atoms. The summed E-state index contributed by atoms with van der Waals surface area (Å²) in [7, 11) is -3.77. The molecule has 2 rings (SSSR count). The molecule has 0 unspecified atom stereocenters. The average molecular weight is 352 g/mol. The fraction of sp³-hybridized carbons (Fsp3) is 0.0625. The lowest BCUT2D eigenvalue weighted by atomic mass is 10.2. The Balaban J connectivity index is 2.24. The van der Waals surface area contributed by atoms with Crippen molar-refractivity contribution in [3.05, 3.63) is 64.7 Å². The number of aliphatic carboxylic acids is 1. The van der Waals surface area contributed by atoms with E-state index in [0.29, 0.717) is 16.3 Å². The molecule has 0 heterocycles. The number of nitrogens with one attached hydrogen (secondary N) is 1. The fourth-order valence-corrected chi connectivity index (χ4v) is 3.25. The Hall–Kier alpha value is -2.31. The highest BCUT2D eigenvalue weighted by atomic mass is 35.5. The van der Waals surface area contributed by atoms with Gasteiger partial charge in [0.25, 0.3) is 10.0 Å². The van der Waals surface area contributed by atoms with Gasteiger partial charge in [-0.05, 0) is 48.4 Å². The normalized spacial score (nSPS) is 11.6. The van der Waals surface area contributed by atoms with Crippen molar-refractivity contribution < 1.29 is 18.3 Å². The van der Waals surface area contributed by atoms with E-state index in [9.17, 15) is 13.2 Å². The molecule has 0 spiro atoms. The molecule has 0 fully saturated rings. The molecule has 0 saturated heterocycles. The standard InChI is InChI=1S/C16H14ClNO4S/c1-11-2-8-15(14(17)10-11)18-23(21,22)13-6-3-12(4-7-13)5-9-16(19)20/h2-10,18H,1H3,(H,19,20)/b9-5+. The third kappa shape index (κ3) is 4.58. The van der Waals surface area contributed by atoms with Crippen LogP contribution >= 0.6 is 11.6 Å². The molecule has 7 heteroatoms. The van der Waals surface area contributed by atoms with E-state index in [4.69, 9.17) is 16.7 Å². The van der Waals surface area contributed by atoms with Crippen LogP contribution in [-0.2, 0) is 14.8 Å². The van der Waals surface area contributed by atoms with E-state index in [1.165, 1.54) is 30.3 Å². The van der Waals surface area contributed by atoms with Gasteiger partial charge >= 0.3 is 5.97 Å². The lowest BCUT2D eigenvalue weighted by Crippen LogP contribution is -2.13. The molecule has 0 radical (unpaired) electrons. The van der Waals surface area contributed by atoms with E-state index >= 15 is 0 Å². The van der Waals surface area contributed by atoms with Gasteiger partial charge in [0.05, 0.1) is 15.6 Å². The Bertz CT molecular complexity index is 858. The summed E-state index contributed by atoms with van der Waals surface area (Å²) in [6.45, 7) is 1.85. The van der Waals surface area contributed by atoms with Crippen LogP contribution in [0.3, 0.4) is 0 Å². The highest BCUT2D eigenvalue weighted by molar-refractivity contribution is 7.92. The molecule has 0 saturated carbocycles. The molecule has 0 aliphatic rings. The zero-order chi connectivity index (χ0) is 17.0. The first-order chi connectivity index (χ1) is 10.8. The first-order valence-electron chi connectivity index (χ1n) is 6.58. The van der Waals surface area contributed by atoms with Gasteiger partial charge in [0.2, 0.25) is 0 Å². The number of anilines is 1. The van der Waals surface area contributed by atoms with Gasteiger partial charge < -0.3 is 5.11 Å². The maximum atomic E-state index is 12.3. The minimum absolute atomic E-state index is 0.0571. The van der Waals surface area contributed by atoms with Crippen LogP contribution in [0.5, 0.6) is 0 Å². The zero-order valence-corrected chi connectivity index (χ0v) is 13.7. The van der Waals surface area contributed by atoms with Crippen LogP contribution in [0.25, 0.3) is 6.08 Å². The summed E-state index contributed by atoms with van der Waals surface area (Å²) in [6, 6.07) is 10.8. The van der Waals surface area contributed by atoms with Gasteiger partial charge in [-0.3, -0.25) is 4.72 Å². The van der Waals surface area contributed by atoms with Crippen LogP contribution in [0, 0.1) is 6.92 Å². The second kappa shape index (κ2) is 6.85. The fourth-order valence-electron chi connectivity index (χ4n) is 1.83. The summed E-state index contributed by atoms with van der Waals surface area (Å²) >= 11 is 6.03. The molecular formula is C16H14ClNO4S. The Morgan fingerprint density at radius 3 is 2.39 bits per heavy atom. The van der Waals surface area contributed by atoms with Gasteiger partial charge in [0.1, 0.15) is 0 Å². The second-order valence-electron chi connectivity index (χ2n) is 4.83. The van der Waals surface area contributed by atoms with Crippen molar-refractivity contribution in [2.45, 2.75) is 11.8 Å². The van der Waals surface area contributed by atoms with Crippen molar-refractivity contribution >= 4 is 39.4 Å². The van der Waals surface area contributed by atoms with Crippen molar-refractivity contribution in [2.75, 3.05) is 4.72 Å². The predicted molar refractivity (Wildman–Crippen MR) is 90.1 cm³/mol. The summed E-state index contributed by atoms with van der Waals surface area (Å²) in [5.41, 5.74) is 1.80. The molecule has 2 N–H and O–H groups in total. The maximum absolute atomic E-state index is 12.3. The highest BCUT2D eigenvalue weighted by Gasteiger charge is 2.15. The minimum atomic E-state index is -3.77. The predicted octanol–water partition coefficient (Wildman–Crippen LogP) is 3.55. The van der Waals surface area contributed by atoms with Gasteiger partial charge in [0.15, 0.2) is 0 Å². The lowest BCUT2D eigenvalue weighted by Gasteiger charge is -2.10. The molecule has 2 aromatic carbocycles. The van der Waals surface area contributed by atoms with Crippen molar-refractivity contribution in [3.63, 3.8) is 0 Å². The topological polar surface area (TPSA) is 83.5 Å². The van der Waals surface area contributed by atoms with Crippen LogP contribution in [0.2, 0.25) is 5.02 Å². The number of aryl methyl sites for hydroxylation is 1. The Morgan fingerprint density at radius 1 is 1.17 bits per heavy atom. The molecule has 2 aromatic rings. The van der Waals surface area contributed by atoms with Crippen LogP contribution in [0.1, 0.15) is 11.1 Å². The SMILES string of the molecule is Cc1ccc(NS(=O)(=O)c2ccc(/C=C/C(=O)O)cc2)c(Cl)c1. The number of hydrogen-bond donors (Lipinski definition) is 2. The summed E-state index contributed by atoms with van der Waals surface area (Å²) < 4.78 is 27.1. The van der Waals surface area contributed by atoms with Gasteiger partial charge in [0, 0.05) is 6.08 Å². The van der Waals surface area contributed by atoms with Gasteiger partial charge in [-0.25, -0.2) is 13.2 Å². The number of sulfonamides is 1. The third-order valence-electron chi connectivity index (χ3n) is 2.98. The molecular weight excluding hydrogens is 338 g/mol. The van der Waals surface area contributed by atoms with Crippen LogP contribution < -0.4 is 4.72 Å². The highest BCUT2D eigenvalue weighted by Crippen LogP contribution is 2.25. The first kappa shape index (κ1) is 17.1. The second-order valence-corrected chi connectivity index (χ2v) is 6.92. The smallest absolute Gasteiger partial charge is 0.328 e. The van der Waals surface area contributed by atoms with Crippen molar-refractivity contribution in [3.8, 4) is 0 Å². The quantitative estimate of drug-likeness (QED) is 0.807. The van der Waals surface area contributed by atoms with Crippen molar-refractivity contribution in [2.24, 2.45) is 0 Å². The zero-order valence-electron chi connectivity index (χ0n) is 12.2. The number of carboxylic acids is 1. The van der Waals surface area contributed by atoms with Crippen LogP contribution in [0.4, 0.5) is 5.69 Å². The number of hydrogen-bond acceptors (Lipinski definition) is 3. The van der Waals surface area contributed by atoms with Gasteiger partial charge in [-0.1, -0.05) is 29.8 Å². The number of carboxylic acid groups (broad SMARTS) is 1. The Kier molecular flexibility index (Phi) is 5.08. The minimum Gasteiger partial charge on any atom is -0.478 e. The number of benzene rings is 2. The van der Waals surface area contributed by atoms with Gasteiger partial charge in [-0.15, -0.1) is 0 Å². The Labute approximate surface area is 139 Å². The number of rotatable bonds is 5. The van der Waals surface area contributed by atoms with Crippen LogP contribution in [0.15, 0.2) is 53.4 Å². The molecule has 0 aliphatic carbocycles. The summed E-state index contributed by atoms with van der Waals surface area (Å²) in [5.74, 6) is -1.07. The summed E-state index contributed by atoms with van der Waals surface area (Å²) in [6.07, 6.45) is 2.36. The maximum Gasteiger partial charge on any atom is 0.328 e. The molecule has 0 atom stereocenters. The van der Waals surface area contributed by atoms with E-state index in [0.717, 1.165) is 11.6 Å². The van der Waals surface area contributed by atoms with Crippen LogP contribution in [-0.4, -0.2) is 19.5 Å². The number of carbonyl (C=O) groups is 1. The van der Waals surface area contributed by atoms with E-state index in [-0.39, 0.29) is 4.90 Å². The molecule has 0 aliphatic heterocycles. The van der Waals surface area contributed by atoms with E-state index < -0.39 is 16.0 Å². The monoisotopic (exact) mass is 351 g/mol. The Morgan fingerprint density at radius 2 is 1.83 bits per heavy atom. The number of halogens is 1. The average Bonchev–Trinajstić information content (AvgIpc) is 2.48. The molecule has 0 aromatic heterocycles. The first-order valence-corrected chi connectivity index (χ1v) is 8.44. The van der Waals surface area contributed by atoms with E-state index in [1.807, 2.05) is 6.92 Å². The largest absolute Gasteiger partial charge is 0.478 e.